The molecule has 1 unspecified atom stereocenters. The van der Waals surface area contributed by atoms with E-state index in [4.69, 9.17) is 18.9 Å². The Bertz CT molecular complexity index is 1530. The van der Waals surface area contributed by atoms with E-state index in [-0.39, 0.29) is 19.8 Å². The quantitative estimate of drug-likeness (QED) is 0.0449. The molecule has 2 amide bonds. The van der Waals surface area contributed by atoms with Crippen molar-refractivity contribution in [3.8, 4) is 5.75 Å². The van der Waals surface area contributed by atoms with Crippen molar-refractivity contribution < 1.29 is 55.7 Å². The van der Waals surface area contributed by atoms with Crippen LogP contribution in [-0.2, 0) is 48.2 Å². The van der Waals surface area contributed by atoms with Crippen molar-refractivity contribution in [2.24, 2.45) is 0 Å². The van der Waals surface area contributed by atoms with Gasteiger partial charge in [-0.3, -0.25) is 4.79 Å². The minimum absolute atomic E-state index is 0.155. The van der Waals surface area contributed by atoms with E-state index >= 15 is 17.6 Å². The third-order valence-electron chi connectivity index (χ3n) is 6.92. The summed E-state index contributed by atoms with van der Waals surface area (Å²) in [4.78, 5) is 51.4. The first kappa shape index (κ1) is 39.3. The van der Waals surface area contributed by atoms with E-state index in [9.17, 15) is 19.2 Å². The highest BCUT2D eigenvalue weighted by atomic mass is 19.2. The molecule has 0 aliphatic rings. The van der Waals surface area contributed by atoms with E-state index < -0.39 is 82.7 Å². The molecular formula is C36H40F4N2O8. The van der Waals surface area contributed by atoms with Crippen LogP contribution in [0.2, 0.25) is 0 Å². The number of alkyl carbamates (subject to hydrolysis) is 1. The molecule has 0 fully saturated rings. The Hall–Kier alpha value is -5.14. The highest BCUT2D eigenvalue weighted by Crippen LogP contribution is 2.32. The smallest absolute Gasteiger partial charge is 0.408 e. The molecule has 3 aromatic rings. The Balaban J connectivity index is 1.92. The molecule has 14 heteroatoms. The van der Waals surface area contributed by atoms with E-state index in [1.54, 1.807) is 60.7 Å². The normalized spacial score (nSPS) is 11.8. The summed E-state index contributed by atoms with van der Waals surface area (Å²) in [5.74, 6) is -13.8. The van der Waals surface area contributed by atoms with Crippen LogP contribution in [0.3, 0.4) is 0 Å². The number of benzene rings is 3. The van der Waals surface area contributed by atoms with Crippen LogP contribution in [0, 0.1) is 23.3 Å². The fourth-order valence-corrected chi connectivity index (χ4v) is 4.43. The Morgan fingerprint density at radius 2 is 1.24 bits per heavy atom. The lowest BCUT2D eigenvalue weighted by Gasteiger charge is -2.24. The molecular weight excluding hydrogens is 664 g/mol. The van der Waals surface area contributed by atoms with E-state index in [1.807, 2.05) is 6.92 Å². The number of amides is 2. The molecule has 1 atom stereocenters. The van der Waals surface area contributed by atoms with E-state index in [1.165, 1.54) is 20.8 Å². The standard InChI is InChI=1S/C36H40F4N2O8/c1-5-6-13-18-41-32(43)25(42-35(46)50-36(2,3)4)19-24-26(37)28(39)30(29(40)27(24)38)49-31(33(44)47-20-22-14-9-7-10-15-22)34(45)48-21-23-16-11-8-12-17-23/h7-12,14-17,25,31H,5-6,13,18-21H2,1-4H3,(H,41,43)(H,42,46). The second-order valence-electron chi connectivity index (χ2n) is 12.1. The lowest BCUT2D eigenvalue weighted by atomic mass is 10.0. The zero-order valence-electron chi connectivity index (χ0n) is 28.2. The van der Waals surface area contributed by atoms with Gasteiger partial charge in [0.1, 0.15) is 24.9 Å². The van der Waals surface area contributed by atoms with Gasteiger partial charge in [0, 0.05) is 18.5 Å². The van der Waals surface area contributed by atoms with Crippen molar-refractivity contribution in [2.45, 2.75) is 84.3 Å². The number of hydrogen-bond donors (Lipinski definition) is 2. The molecule has 0 saturated heterocycles. The molecule has 0 radical (unpaired) electrons. The van der Waals surface area contributed by atoms with Gasteiger partial charge in [-0.05, 0) is 38.3 Å². The average molecular weight is 705 g/mol. The molecule has 3 aromatic carbocycles. The Morgan fingerprint density at radius 3 is 1.70 bits per heavy atom. The number of nitrogens with one attached hydrogen (secondary N) is 2. The van der Waals surface area contributed by atoms with E-state index in [2.05, 4.69) is 10.6 Å². The van der Waals surface area contributed by atoms with Gasteiger partial charge in [0.2, 0.25) is 17.5 Å². The number of carbonyl (C=O) groups excluding carboxylic acids is 4. The molecule has 0 spiro atoms. The predicted molar refractivity (Wildman–Crippen MR) is 173 cm³/mol. The average Bonchev–Trinajstić information content (AvgIpc) is 3.08. The first-order valence-electron chi connectivity index (χ1n) is 15.9. The van der Waals surface area contributed by atoms with Crippen LogP contribution in [0.15, 0.2) is 60.7 Å². The topological polar surface area (TPSA) is 129 Å². The van der Waals surface area contributed by atoms with Crippen LogP contribution in [0.5, 0.6) is 5.75 Å². The summed E-state index contributed by atoms with van der Waals surface area (Å²) >= 11 is 0. The molecule has 50 heavy (non-hydrogen) atoms. The predicted octanol–water partition coefficient (Wildman–Crippen LogP) is 6.22. The maximum atomic E-state index is 15.5. The molecule has 2 N–H and O–H groups in total. The molecule has 0 bridgehead atoms. The largest absolute Gasteiger partial charge is 0.460 e. The fraction of sp³-hybridized carbons (Fsp3) is 0.389. The summed E-state index contributed by atoms with van der Waals surface area (Å²) < 4.78 is 82.3. The summed E-state index contributed by atoms with van der Waals surface area (Å²) in [6.07, 6.45) is -2.54. The van der Waals surface area contributed by atoms with Crippen LogP contribution >= 0.6 is 0 Å². The van der Waals surface area contributed by atoms with Gasteiger partial charge >= 0.3 is 18.0 Å². The molecule has 0 aliphatic heterocycles. The van der Waals surface area contributed by atoms with Crippen LogP contribution in [-0.4, -0.2) is 48.2 Å². The van der Waals surface area contributed by atoms with Crippen molar-refractivity contribution in [3.05, 3.63) is 101 Å². The first-order valence-corrected chi connectivity index (χ1v) is 15.9. The number of ether oxygens (including phenoxy) is 4. The van der Waals surface area contributed by atoms with Crippen molar-refractivity contribution >= 4 is 23.9 Å². The maximum Gasteiger partial charge on any atom is 0.408 e. The molecule has 10 nitrogen and oxygen atoms in total. The zero-order valence-corrected chi connectivity index (χ0v) is 28.2. The van der Waals surface area contributed by atoms with Crippen LogP contribution in [0.1, 0.15) is 63.6 Å². The number of halogens is 4. The van der Waals surface area contributed by atoms with Crippen LogP contribution < -0.4 is 15.4 Å². The summed E-state index contributed by atoms with van der Waals surface area (Å²) in [7, 11) is 0. The molecule has 270 valence electrons. The highest BCUT2D eigenvalue weighted by molar-refractivity contribution is 5.98. The van der Waals surface area contributed by atoms with Crippen molar-refractivity contribution in [1.82, 2.24) is 10.6 Å². The highest BCUT2D eigenvalue weighted by Gasteiger charge is 2.38. The van der Waals surface area contributed by atoms with Gasteiger partial charge in [0.15, 0.2) is 17.4 Å². The second-order valence-corrected chi connectivity index (χ2v) is 12.1. The molecule has 0 aliphatic carbocycles. The lowest BCUT2D eigenvalue weighted by Crippen LogP contribution is -2.49. The molecule has 0 aromatic heterocycles. The van der Waals surface area contributed by atoms with Crippen LogP contribution in [0.4, 0.5) is 22.4 Å². The monoisotopic (exact) mass is 704 g/mol. The summed E-state index contributed by atoms with van der Waals surface area (Å²) in [5.41, 5.74) is -1.30. The van der Waals surface area contributed by atoms with Crippen LogP contribution in [0.25, 0.3) is 0 Å². The summed E-state index contributed by atoms with van der Waals surface area (Å²) in [6, 6.07) is 14.6. The molecule has 0 saturated carbocycles. The molecule has 3 rings (SSSR count). The van der Waals surface area contributed by atoms with Crippen molar-refractivity contribution in [3.63, 3.8) is 0 Å². The first-order chi connectivity index (χ1) is 23.7. The van der Waals surface area contributed by atoms with Gasteiger partial charge in [-0.15, -0.1) is 0 Å². The number of unbranched alkanes of at least 4 members (excludes halogenated alkanes) is 2. The summed E-state index contributed by atoms with van der Waals surface area (Å²) in [6.45, 7) is 5.93. The van der Waals surface area contributed by atoms with Gasteiger partial charge in [-0.2, -0.15) is 8.78 Å². The number of rotatable bonds is 16. The Labute approximate surface area is 287 Å². The Kier molecular flexibility index (Phi) is 14.6. The number of hydrogen-bond acceptors (Lipinski definition) is 8. The second kappa shape index (κ2) is 18.6. The summed E-state index contributed by atoms with van der Waals surface area (Å²) in [5, 5.41) is 4.70. The van der Waals surface area contributed by atoms with Gasteiger partial charge in [-0.25, -0.2) is 23.2 Å². The fourth-order valence-electron chi connectivity index (χ4n) is 4.43. The van der Waals surface area contributed by atoms with Gasteiger partial charge < -0.3 is 29.6 Å². The zero-order chi connectivity index (χ0) is 36.8. The Morgan fingerprint density at radius 1 is 0.740 bits per heavy atom. The van der Waals surface area contributed by atoms with Crippen molar-refractivity contribution in [2.75, 3.05) is 6.54 Å². The minimum atomic E-state index is -2.51. The van der Waals surface area contributed by atoms with Gasteiger partial charge in [0.25, 0.3) is 6.10 Å². The molecule has 0 heterocycles. The van der Waals surface area contributed by atoms with E-state index in [0.717, 1.165) is 12.8 Å². The van der Waals surface area contributed by atoms with Crippen molar-refractivity contribution in [1.29, 1.82) is 0 Å². The third kappa shape index (κ3) is 11.8. The lowest BCUT2D eigenvalue weighted by molar-refractivity contribution is -0.168. The number of esters is 2. The maximum absolute atomic E-state index is 15.5. The minimum Gasteiger partial charge on any atom is -0.460 e. The van der Waals surface area contributed by atoms with Gasteiger partial charge in [-0.1, -0.05) is 80.4 Å². The van der Waals surface area contributed by atoms with Gasteiger partial charge in [0.05, 0.1) is 0 Å². The van der Waals surface area contributed by atoms with E-state index in [0.29, 0.717) is 17.5 Å². The SMILES string of the molecule is CCCCCNC(=O)C(Cc1c(F)c(F)c(OC(C(=O)OCc2ccccc2)C(=O)OCc2ccccc2)c(F)c1F)NC(=O)OC(C)(C)C. The number of carbonyl (C=O) groups is 4. The third-order valence-corrected chi connectivity index (χ3v) is 6.92.